The van der Waals surface area contributed by atoms with Crippen molar-refractivity contribution >= 4 is 11.6 Å². The largest absolute Gasteiger partial charge is 0.399 e. The molecule has 0 spiro atoms. The normalized spacial score (nSPS) is 9.88. The van der Waals surface area contributed by atoms with Gasteiger partial charge in [0.25, 0.3) is 5.91 Å². The third-order valence-electron chi connectivity index (χ3n) is 2.22. The molecule has 86 valence electrons. The number of carbonyl (C=O) groups is 1. The van der Waals surface area contributed by atoms with E-state index >= 15 is 0 Å². The van der Waals surface area contributed by atoms with Gasteiger partial charge in [-0.2, -0.15) is 0 Å². The van der Waals surface area contributed by atoms with Gasteiger partial charge in [0.2, 0.25) is 0 Å². The Morgan fingerprint density at radius 2 is 2.00 bits per heavy atom. The second kappa shape index (κ2) is 5.07. The summed E-state index contributed by atoms with van der Waals surface area (Å²) in [7, 11) is 0. The van der Waals surface area contributed by atoms with Crippen LogP contribution in [0.3, 0.4) is 0 Å². The summed E-state index contributed by atoms with van der Waals surface area (Å²) in [6.07, 6.45) is 4.87. The van der Waals surface area contributed by atoms with E-state index in [0.717, 1.165) is 5.56 Å². The maximum Gasteiger partial charge on any atom is 0.270 e. The molecule has 0 aliphatic heterocycles. The molecule has 0 aliphatic rings. The number of pyridine rings is 2. The molecule has 3 N–H and O–H groups in total. The van der Waals surface area contributed by atoms with Gasteiger partial charge in [-0.05, 0) is 29.8 Å². The summed E-state index contributed by atoms with van der Waals surface area (Å²) in [5.41, 5.74) is 7.40. The molecule has 0 radical (unpaired) electrons. The lowest BCUT2D eigenvalue weighted by atomic mass is 10.2. The third kappa shape index (κ3) is 3.01. The molecule has 17 heavy (non-hydrogen) atoms. The minimum Gasteiger partial charge on any atom is -0.399 e. The highest BCUT2D eigenvalue weighted by molar-refractivity contribution is 5.92. The van der Waals surface area contributed by atoms with Crippen molar-refractivity contribution in [1.82, 2.24) is 15.3 Å². The highest BCUT2D eigenvalue weighted by atomic mass is 16.1. The van der Waals surface area contributed by atoms with Crippen molar-refractivity contribution in [2.45, 2.75) is 6.54 Å². The smallest absolute Gasteiger partial charge is 0.270 e. The van der Waals surface area contributed by atoms with Crippen molar-refractivity contribution < 1.29 is 4.79 Å². The van der Waals surface area contributed by atoms with Crippen LogP contribution >= 0.6 is 0 Å². The summed E-state index contributed by atoms with van der Waals surface area (Å²) in [6.45, 7) is 0.442. The van der Waals surface area contributed by atoms with E-state index in [1.54, 1.807) is 24.5 Å². The van der Waals surface area contributed by atoms with Crippen molar-refractivity contribution in [3.63, 3.8) is 0 Å². The van der Waals surface area contributed by atoms with E-state index in [1.165, 1.54) is 6.20 Å². The van der Waals surface area contributed by atoms with Crippen LogP contribution < -0.4 is 11.1 Å². The molecule has 0 unspecified atom stereocenters. The summed E-state index contributed by atoms with van der Waals surface area (Å²) in [4.78, 5) is 19.6. The summed E-state index contributed by atoms with van der Waals surface area (Å²) < 4.78 is 0. The summed E-state index contributed by atoms with van der Waals surface area (Å²) >= 11 is 0. The lowest BCUT2D eigenvalue weighted by molar-refractivity contribution is 0.0946. The summed E-state index contributed by atoms with van der Waals surface area (Å²) in [5, 5.41) is 2.76. The van der Waals surface area contributed by atoms with E-state index in [9.17, 15) is 4.79 Å². The van der Waals surface area contributed by atoms with Gasteiger partial charge in [-0.15, -0.1) is 0 Å². The van der Waals surface area contributed by atoms with Gasteiger partial charge < -0.3 is 11.1 Å². The number of hydrogen-bond donors (Lipinski definition) is 2. The molecule has 5 heteroatoms. The van der Waals surface area contributed by atoms with Gasteiger partial charge in [0.05, 0.1) is 0 Å². The molecule has 2 rings (SSSR count). The number of nitrogens with one attached hydrogen (secondary N) is 1. The fourth-order valence-electron chi connectivity index (χ4n) is 1.34. The van der Waals surface area contributed by atoms with Crippen LogP contribution in [-0.4, -0.2) is 15.9 Å². The molecule has 0 saturated heterocycles. The Bertz CT molecular complexity index is 513. The fraction of sp³-hybridized carbons (Fsp3) is 0.0833. The second-order valence-corrected chi connectivity index (χ2v) is 3.51. The van der Waals surface area contributed by atoms with Gasteiger partial charge in [-0.25, -0.2) is 0 Å². The van der Waals surface area contributed by atoms with Crippen molar-refractivity contribution in [3.05, 3.63) is 54.1 Å². The van der Waals surface area contributed by atoms with E-state index in [-0.39, 0.29) is 5.91 Å². The first kappa shape index (κ1) is 11.1. The van der Waals surface area contributed by atoms with E-state index in [1.807, 2.05) is 12.1 Å². The average molecular weight is 228 g/mol. The highest BCUT2D eigenvalue weighted by Crippen LogP contribution is 2.03. The standard InChI is InChI=1S/C12H12N4O/c13-10-3-6-15-11(7-10)12(17)16-8-9-1-4-14-5-2-9/h1-7H,8H2,(H2,13,15)(H,16,17). The SMILES string of the molecule is Nc1ccnc(C(=O)NCc2ccncc2)c1. The van der Waals surface area contributed by atoms with Crippen LogP contribution in [-0.2, 0) is 6.54 Å². The van der Waals surface area contributed by atoms with E-state index in [2.05, 4.69) is 15.3 Å². The second-order valence-electron chi connectivity index (χ2n) is 3.51. The van der Waals surface area contributed by atoms with Crippen molar-refractivity contribution in [2.75, 3.05) is 5.73 Å². The van der Waals surface area contributed by atoms with E-state index in [4.69, 9.17) is 5.73 Å². The first-order chi connectivity index (χ1) is 8.25. The Morgan fingerprint density at radius 3 is 2.71 bits per heavy atom. The molecule has 0 bridgehead atoms. The van der Waals surface area contributed by atoms with Gasteiger partial charge in [-0.3, -0.25) is 14.8 Å². The molecule has 1 amide bonds. The van der Waals surface area contributed by atoms with Gasteiger partial charge >= 0.3 is 0 Å². The molecule has 2 aromatic heterocycles. The zero-order valence-corrected chi connectivity index (χ0v) is 9.13. The van der Waals surface area contributed by atoms with Gasteiger partial charge in [0, 0.05) is 30.8 Å². The molecule has 2 aromatic rings. The van der Waals surface area contributed by atoms with Crippen LogP contribution in [0.4, 0.5) is 5.69 Å². The highest BCUT2D eigenvalue weighted by Gasteiger charge is 2.06. The topological polar surface area (TPSA) is 80.9 Å². The Labute approximate surface area is 98.7 Å². The third-order valence-corrected chi connectivity index (χ3v) is 2.22. The number of nitrogen functional groups attached to an aromatic ring is 1. The van der Waals surface area contributed by atoms with Crippen LogP contribution in [0, 0.1) is 0 Å². The molecular weight excluding hydrogens is 216 g/mol. The molecule has 0 aliphatic carbocycles. The fourth-order valence-corrected chi connectivity index (χ4v) is 1.34. The van der Waals surface area contributed by atoms with Crippen LogP contribution in [0.2, 0.25) is 0 Å². The first-order valence-electron chi connectivity index (χ1n) is 5.14. The van der Waals surface area contributed by atoms with E-state index < -0.39 is 0 Å². The number of hydrogen-bond acceptors (Lipinski definition) is 4. The number of amides is 1. The summed E-state index contributed by atoms with van der Waals surface area (Å²) in [5.74, 6) is -0.242. The lowest BCUT2D eigenvalue weighted by Gasteiger charge is -2.04. The maximum absolute atomic E-state index is 11.7. The first-order valence-corrected chi connectivity index (χ1v) is 5.14. The Hall–Kier alpha value is -2.43. The Balaban J connectivity index is 1.98. The molecule has 0 atom stereocenters. The number of rotatable bonds is 3. The van der Waals surface area contributed by atoms with Gasteiger partial charge in [-0.1, -0.05) is 0 Å². The summed E-state index contributed by atoms with van der Waals surface area (Å²) in [6, 6.07) is 6.86. The van der Waals surface area contributed by atoms with Crippen LogP contribution in [0.1, 0.15) is 16.1 Å². The van der Waals surface area contributed by atoms with E-state index in [0.29, 0.717) is 17.9 Å². The van der Waals surface area contributed by atoms with Gasteiger partial charge in [0.1, 0.15) is 5.69 Å². The number of nitrogens with two attached hydrogens (primary N) is 1. The molecule has 0 aromatic carbocycles. The average Bonchev–Trinajstić information content (AvgIpc) is 2.37. The quantitative estimate of drug-likeness (QED) is 0.820. The maximum atomic E-state index is 11.7. The molecule has 2 heterocycles. The zero-order chi connectivity index (χ0) is 12.1. The minimum atomic E-state index is -0.242. The number of anilines is 1. The van der Waals surface area contributed by atoms with Crippen LogP contribution in [0.25, 0.3) is 0 Å². The monoisotopic (exact) mass is 228 g/mol. The number of carbonyl (C=O) groups excluding carboxylic acids is 1. The van der Waals surface area contributed by atoms with Crippen LogP contribution in [0.15, 0.2) is 42.9 Å². The number of aromatic nitrogens is 2. The molecule has 0 saturated carbocycles. The Kier molecular flexibility index (Phi) is 3.30. The van der Waals surface area contributed by atoms with Gasteiger partial charge in [0.15, 0.2) is 0 Å². The zero-order valence-electron chi connectivity index (χ0n) is 9.13. The Morgan fingerprint density at radius 1 is 1.24 bits per heavy atom. The molecule has 5 nitrogen and oxygen atoms in total. The van der Waals surface area contributed by atoms with Crippen molar-refractivity contribution in [3.8, 4) is 0 Å². The lowest BCUT2D eigenvalue weighted by Crippen LogP contribution is -2.23. The van der Waals surface area contributed by atoms with Crippen molar-refractivity contribution in [2.24, 2.45) is 0 Å². The van der Waals surface area contributed by atoms with Crippen molar-refractivity contribution in [1.29, 1.82) is 0 Å². The molecule has 0 fully saturated rings. The minimum absolute atomic E-state index is 0.242. The predicted molar refractivity (Wildman–Crippen MR) is 64.1 cm³/mol. The van der Waals surface area contributed by atoms with Crippen LogP contribution in [0.5, 0.6) is 0 Å². The predicted octanol–water partition coefficient (Wildman–Crippen LogP) is 0.989. The number of nitrogens with zero attached hydrogens (tertiary/aromatic N) is 2. The molecular formula is C12H12N4O.